The Labute approximate surface area is 45.6 Å². The predicted molar refractivity (Wildman–Crippen MR) is 27.6 cm³/mol. The fraction of sp³-hybridized carbons (Fsp3) is 0. The summed E-state index contributed by atoms with van der Waals surface area (Å²) >= 11 is 0. The minimum absolute atomic E-state index is 0.683. The average molecular weight is 115 g/mol. The van der Waals surface area contributed by atoms with Crippen LogP contribution in [0.3, 0.4) is 0 Å². The highest BCUT2D eigenvalue weighted by atomic mass is 16.7. The standard InChI is InChI=1S/C3H5N3O2/c1-6-8-3(7)2(4)5/h1H2,(H3,4,5). The van der Waals surface area contributed by atoms with Gasteiger partial charge in [-0.15, -0.1) is 0 Å². The van der Waals surface area contributed by atoms with Gasteiger partial charge >= 0.3 is 5.97 Å². The number of nitrogens with zero attached hydrogens (tertiary/aromatic N) is 1. The van der Waals surface area contributed by atoms with Gasteiger partial charge in [0.15, 0.2) is 0 Å². The lowest BCUT2D eigenvalue weighted by atomic mass is 10.6. The Morgan fingerprint density at radius 3 is 2.50 bits per heavy atom. The molecule has 0 aromatic carbocycles. The Balaban J connectivity index is 3.65. The molecular weight excluding hydrogens is 110 g/mol. The maximum atomic E-state index is 10.0. The molecule has 3 N–H and O–H groups in total. The molecule has 0 aliphatic carbocycles. The van der Waals surface area contributed by atoms with Gasteiger partial charge in [-0.05, 0) is 0 Å². The number of carbonyl (C=O) groups is 1. The lowest BCUT2D eigenvalue weighted by Gasteiger charge is -1.88. The van der Waals surface area contributed by atoms with Gasteiger partial charge < -0.3 is 10.6 Å². The molecular formula is C3H5N3O2. The number of amidine groups is 1. The summed E-state index contributed by atoms with van der Waals surface area (Å²) in [6, 6.07) is 0. The van der Waals surface area contributed by atoms with Crippen LogP contribution in [0.2, 0.25) is 0 Å². The van der Waals surface area contributed by atoms with Crippen molar-refractivity contribution in [3.8, 4) is 0 Å². The van der Waals surface area contributed by atoms with Crippen LogP contribution < -0.4 is 5.73 Å². The highest BCUT2D eigenvalue weighted by Gasteiger charge is 2.02. The van der Waals surface area contributed by atoms with Crippen molar-refractivity contribution < 1.29 is 9.63 Å². The minimum atomic E-state index is -0.986. The van der Waals surface area contributed by atoms with Gasteiger partial charge in [-0.3, -0.25) is 5.41 Å². The molecule has 8 heavy (non-hydrogen) atoms. The molecule has 44 valence electrons. The summed E-state index contributed by atoms with van der Waals surface area (Å²) in [4.78, 5) is 13.9. The Kier molecular flexibility index (Phi) is 2.25. The molecule has 0 spiro atoms. The van der Waals surface area contributed by atoms with Crippen molar-refractivity contribution in [1.29, 1.82) is 5.41 Å². The van der Waals surface area contributed by atoms with Crippen LogP contribution in [-0.2, 0) is 9.63 Å². The molecule has 5 nitrogen and oxygen atoms in total. The summed E-state index contributed by atoms with van der Waals surface area (Å²) in [6.45, 7) is 2.84. The van der Waals surface area contributed by atoms with Gasteiger partial charge in [0.1, 0.15) is 0 Å². The third-order valence-corrected chi connectivity index (χ3v) is 0.367. The second kappa shape index (κ2) is 2.73. The highest BCUT2D eigenvalue weighted by molar-refractivity contribution is 6.33. The van der Waals surface area contributed by atoms with E-state index in [0.29, 0.717) is 0 Å². The molecule has 0 aromatic heterocycles. The first-order valence-corrected chi connectivity index (χ1v) is 1.70. The molecule has 0 aliphatic rings. The summed E-state index contributed by atoms with van der Waals surface area (Å²) in [7, 11) is 0. The highest BCUT2D eigenvalue weighted by Crippen LogP contribution is 1.73. The lowest BCUT2D eigenvalue weighted by molar-refractivity contribution is -0.135. The first kappa shape index (κ1) is 6.61. The van der Waals surface area contributed by atoms with Crippen LogP contribution in [0.25, 0.3) is 0 Å². The van der Waals surface area contributed by atoms with Crippen molar-refractivity contribution in [3.05, 3.63) is 0 Å². The fourth-order valence-corrected chi connectivity index (χ4v) is 0.108. The molecule has 0 aromatic rings. The molecule has 0 fully saturated rings. The van der Waals surface area contributed by atoms with Gasteiger partial charge in [-0.1, -0.05) is 5.16 Å². The zero-order valence-corrected chi connectivity index (χ0v) is 4.05. The van der Waals surface area contributed by atoms with E-state index in [1.165, 1.54) is 0 Å². The second-order valence-corrected chi connectivity index (χ2v) is 0.922. The smallest absolute Gasteiger partial charge is 0.378 e. The largest absolute Gasteiger partial charge is 0.399 e. The predicted octanol–water partition coefficient (Wildman–Crippen LogP) is -0.919. The molecule has 0 saturated carbocycles. The molecule has 0 rings (SSSR count). The number of oxime groups is 1. The van der Waals surface area contributed by atoms with E-state index < -0.39 is 11.8 Å². The van der Waals surface area contributed by atoms with Crippen molar-refractivity contribution >= 4 is 18.5 Å². The van der Waals surface area contributed by atoms with E-state index in [1.807, 2.05) is 0 Å². The minimum Gasteiger partial charge on any atom is -0.378 e. The third kappa shape index (κ3) is 1.91. The van der Waals surface area contributed by atoms with Crippen molar-refractivity contribution in [3.63, 3.8) is 0 Å². The topological polar surface area (TPSA) is 88.5 Å². The van der Waals surface area contributed by atoms with Crippen LogP contribution >= 0.6 is 0 Å². The van der Waals surface area contributed by atoms with E-state index in [4.69, 9.17) is 5.41 Å². The number of hydrogen-bond acceptors (Lipinski definition) is 4. The maximum Gasteiger partial charge on any atom is 0.399 e. The average Bonchev–Trinajstić information content (AvgIpc) is 1.67. The number of carbonyl (C=O) groups excluding carboxylic acids is 1. The van der Waals surface area contributed by atoms with Crippen LogP contribution in [0.5, 0.6) is 0 Å². The molecule has 0 atom stereocenters. The number of hydrogen-bond donors (Lipinski definition) is 2. The summed E-state index contributed by atoms with van der Waals surface area (Å²) in [5.41, 5.74) is 4.64. The summed E-state index contributed by atoms with van der Waals surface area (Å²) in [5, 5.41) is 9.16. The van der Waals surface area contributed by atoms with E-state index in [9.17, 15) is 4.79 Å². The zero-order chi connectivity index (χ0) is 6.57. The number of nitrogens with one attached hydrogen (secondary N) is 1. The van der Waals surface area contributed by atoms with E-state index in [2.05, 4.69) is 22.4 Å². The van der Waals surface area contributed by atoms with E-state index in [-0.39, 0.29) is 0 Å². The maximum absolute atomic E-state index is 10.0. The molecule has 0 heterocycles. The summed E-state index contributed by atoms with van der Waals surface area (Å²) < 4.78 is 0. The second-order valence-electron chi connectivity index (χ2n) is 0.922. The lowest BCUT2D eigenvalue weighted by Crippen LogP contribution is -2.22. The van der Waals surface area contributed by atoms with Crippen molar-refractivity contribution in [1.82, 2.24) is 0 Å². The van der Waals surface area contributed by atoms with Crippen LogP contribution in [-0.4, -0.2) is 18.5 Å². The summed E-state index contributed by atoms with van der Waals surface area (Å²) in [5.74, 6) is -1.67. The first-order valence-electron chi connectivity index (χ1n) is 1.70. The van der Waals surface area contributed by atoms with Gasteiger partial charge in [0.05, 0.1) is 0 Å². The van der Waals surface area contributed by atoms with Crippen molar-refractivity contribution in [2.45, 2.75) is 0 Å². The van der Waals surface area contributed by atoms with Crippen molar-refractivity contribution in [2.75, 3.05) is 0 Å². The van der Waals surface area contributed by atoms with Crippen LogP contribution in [0.4, 0.5) is 0 Å². The van der Waals surface area contributed by atoms with E-state index in [0.717, 1.165) is 0 Å². The monoisotopic (exact) mass is 115 g/mol. The van der Waals surface area contributed by atoms with Crippen LogP contribution in [0.1, 0.15) is 0 Å². The van der Waals surface area contributed by atoms with Crippen LogP contribution in [0.15, 0.2) is 5.16 Å². The van der Waals surface area contributed by atoms with Gasteiger partial charge in [-0.2, -0.15) is 0 Å². The third-order valence-electron chi connectivity index (χ3n) is 0.367. The first-order chi connectivity index (χ1) is 3.68. The van der Waals surface area contributed by atoms with Gasteiger partial charge in [-0.25, -0.2) is 4.79 Å². The van der Waals surface area contributed by atoms with Crippen molar-refractivity contribution in [2.24, 2.45) is 10.9 Å². The van der Waals surface area contributed by atoms with E-state index >= 15 is 0 Å². The van der Waals surface area contributed by atoms with Gasteiger partial charge in [0.2, 0.25) is 5.84 Å². The van der Waals surface area contributed by atoms with E-state index in [1.54, 1.807) is 0 Å². The van der Waals surface area contributed by atoms with Gasteiger partial charge in [0.25, 0.3) is 0 Å². The molecule has 0 saturated heterocycles. The number of rotatable bonds is 1. The molecule has 5 heteroatoms. The fourth-order valence-electron chi connectivity index (χ4n) is 0.108. The zero-order valence-electron chi connectivity index (χ0n) is 4.05. The molecule has 0 amide bonds. The molecule has 0 radical (unpaired) electrons. The van der Waals surface area contributed by atoms with Gasteiger partial charge in [0, 0.05) is 6.72 Å². The normalized spacial score (nSPS) is 7.50. The van der Waals surface area contributed by atoms with Crippen LogP contribution in [0, 0.1) is 5.41 Å². The Hall–Kier alpha value is -1.39. The molecule has 0 bridgehead atoms. The Bertz CT molecular complexity index is 130. The number of nitrogens with two attached hydrogens (primary N) is 1. The molecule has 0 aliphatic heterocycles. The summed E-state index contributed by atoms with van der Waals surface area (Å²) in [6.07, 6.45) is 0. The molecule has 0 unspecified atom stereocenters. The quantitative estimate of drug-likeness (QED) is 0.200. The Morgan fingerprint density at radius 1 is 1.88 bits per heavy atom. The Morgan fingerprint density at radius 2 is 2.38 bits per heavy atom. The SMILES string of the molecule is C=NOC(=O)C(=N)N.